The summed E-state index contributed by atoms with van der Waals surface area (Å²) in [7, 11) is 8.10. The van der Waals surface area contributed by atoms with Crippen LogP contribution in [0.15, 0.2) is 97.1 Å². The third-order valence-corrected chi connectivity index (χ3v) is 5.72. The summed E-state index contributed by atoms with van der Waals surface area (Å²) in [6, 6.07) is 32.2. The molecule has 0 aliphatic carbocycles. The van der Waals surface area contributed by atoms with E-state index in [0.29, 0.717) is 0 Å². The van der Waals surface area contributed by atoms with Gasteiger partial charge in [-0.1, -0.05) is 35.5 Å². The molecule has 0 unspecified atom stereocenters. The Morgan fingerprint density at radius 3 is 0.763 bits per heavy atom. The Morgan fingerprint density at radius 1 is 0.316 bits per heavy atom. The normalized spacial score (nSPS) is 9.26. The van der Waals surface area contributed by atoms with Gasteiger partial charge in [-0.2, -0.15) is 0 Å². The third kappa shape index (κ3) is 7.61. The van der Waals surface area contributed by atoms with Crippen molar-refractivity contribution in [2.45, 2.75) is 0 Å². The Morgan fingerprint density at radius 2 is 0.526 bits per heavy atom. The van der Waals surface area contributed by atoms with Gasteiger partial charge >= 0.3 is 0 Å². The van der Waals surface area contributed by atoms with E-state index in [1.807, 2.05) is 101 Å². The van der Waals surface area contributed by atoms with Gasteiger partial charge in [-0.15, -0.1) is 0 Å². The number of benzene rings is 4. The fraction of sp³-hybridized carbons (Fsp3) is 0.111. The molecule has 0 saturated heterocycles. The van der Waals surface area contributed by atoms with E-state index in [1.54, 1.807) is 0 Å². The molecular formula is C36H28N2. The van der Waals surface area contributed by atoms with Gasteiger partial charge in [-0.25, -0.2) is 0 Å². The Labute approximate surface area is 226 Å². The minimum absolute atomic E-state index is 0.907. The van der Waals surface area contributed by atoms with Crippen molar-refractivity contribution in [3.05, 3.63) is 130 Å². The average Bonchev–Trinajstić information content (AvgIpc) is 2.95. The molecule has 0 fully saturated rings. The van der Waals surface area contributed by atoms with E-state index in [2.05, 4.69) is 81.4 Å². The minimum Gasteiger partial charge on any atom is -0.378 e. The molecule has 0 radical (unpaired) electrons. The molecule has 0 heterocycles. The van der Waals surface area contributed by atoms with Crippen molar-refractivity contribution in [3.8, 4) is 47.4 Å². The van der Waals surface area contributed by atoms with Crippen LogP contribution in [0.4, 0.5) is 11.4 Å². The molecule has 0 aromatic heterocycles. The summed E-state index contributed by atoms with van der Waals surface area (Å²) in [5.74, 6) is 24.9. The summed E-state index contributed by atoms with van der Waals surface area (Å²) < 4.78 is 0. The van der Waals surface area contributed by atoms with E-state index in [0.717, 1.165) is 44.8 Å². The summed E-state index contributed by atoms with van der Waals surface area (Å²) in [5.41, 5.74) is 8.01. The molecule has 0 bridgehead atoms. The van der Waals surface area contributed by atoms with Gasteiger partial charge in [-0.05, 0) is 109 Å². The number of nitrogens with zero attached hydrogens (tertiary/aromatic N) is 2. The Bertz CT molecular complexity index is 1500. The van der Waals surface area contributed by atoms with E-state index in [-0.39, 0.29) is 0 Å². The first-order chi connectivity index (χ1) is 18.5. The highest BCUT2D eigenvalue weighted by atomic mass is 15.1. The topological polar surface area (TPSA) is 6.48 Å². The van der Waals surface area contributed by atoms with Crippen LogP contribution in [0.2, 0.25) is 0 Å². The van der Waals surface area contributed by atoms with Gasteiger partial charge in [-0.3, -0.25) is 0 Å². The van der Waals surface area contributed by atoms with Crippen molar-refractivity contribution >= 4 is 11.4 Å². The molecule has 0 spiro atoms. The largest absolute Gasteiger partial charge is 0.378 e. The maximum absolute atomic E-state index is 3.21. The Hall–Kier alpha value is -5.28. The van der Waals surface area contributed by atoms with Gasteiger partial charge in [0.05, 0.1) is 0 Å². The van der Waals surface area contributed by atoms with Crippen molar-refractivity contribution in [3.63, 3.8) is 0 Å². The van der Waals surface area contributed by atoms with Crippen LogP contribution in [0.1, 0.15) is 33.4 Å². The average molecular weight is 489 g/mol. The summed E-state index contributed by atoms with van der Waals surface area (Å²) in [6.45, 7) is 0. The van der Waals surface area contributed by atoms with Crippen molar-refractivity contribution in [1.82, 2.24) is 0 Å². The summed E-state index contributed by atoms with van der Waals surface area (Å²) in [5, 5.41) is 0. The lowest BCUT2D eigenvalue weighted by Crippen LogP contribution is -2.07. The summed E-state index contributed by atoms with van der Waals surface area (Å²) in [4.78, 5) is 4.14. The molecule has 38 heavy (non-hydrogen) atoms. The highest BCUT2D eigenvalue weighted by Gasteiger charge is 1.95. The molecule has 4 aromatic carbocycles. The molecule has 0 atom stereocenters. The monoisotopic (exact) mass is 488 g/mol. The number of rotatable bonds is 2. The van der Waals surface area contributed by atoms with Gasteiger partial charge < -0.3 is 9.80 Å². The van der Waals surface area contributed by atoms with Crippen LogP contribution in [0.25, 0.3) is 0 Å². The van der Waals surface area contributed by atoms with Gasteiger partial charge in [0.1, 0.15) is 0 Å². The second kappa shape index (κ2) is 12.6. The SMILES string of the molecule is CN(C)c1ccc(C#Cc2ccc(C#CC#Cc3ccc(C#Cc4ccc(N(C)C)cc4)cc3)cc2)cc1. The molecule has 0 amide bonds. The zero-order chi connectivity index (χ0) is 26.7. The molecular weight excluding hydrogens is 460 g/mol. The highest BCUT2D eigenvalue weighted by molar-refractivity contribution is 5.53. The second-order valence-electron chi connectivity index (χ2n) is 9.04. The van der Waals surface area contributed by atoms with Crippen LogP contribution >= 0.6 is 0 Å². The zero-order valence-electron chi connectivity index (χ0n) is 22.1. The van der Waals surface area contributed by atoms with Crippen LogP contribution < -0.4 is 9.80 Å². The maximum Gasteiger partial charge on any atom is 0.0361 e. The molecule has 2 heteroatoms. The molecule has 2 nitrogen and oxygen atoms in total. The predicted octanol–water partition coefficient (Wildman–Crippen LogP) is 6.02. The molecule has 0 aliphatic rings. The van der Waals surface area contributed by atoms with E-state index in [9.17, 15) is 0 Å². The van der Waals surface area contributed by atoms with E-state index >= 15 is 0 Å². The molecule has 4 aromatic rings. The fourth-order valence-corrected chi connectivity index (χ4v) is 3.46. The number of hydrogen-bond donors (Lipinski definition) is 0. The maximum atomic E-state index is 3.21. The van der Waals surface area contributed by atoms with Crippen molar-refractivity contribution in [1.29, 1.82) is 0 Å². The number of anilines is 2. The van der Waals surface area contributed by atoms with Crippen molar-refractivity contribution in [2.24, 2.45) is 0 Å². The molecule has 0 saturated carbocycles. The first kappa shape index (κ1) is 25.8. The third-order valence-electron chi connectivity index (χ3n) is 5.72. The smallest absolute Gasteiger partial charge is 0.0361 e. The second-order valence-corrected chi connectivity index (χ2v) is 9.04. The predicted molar refractivity (Wildman–Crippen MR) is 160 cm³/mol. The lowest BCUT2D eigenvalue weighted by atomic mass is 10.1. The van der Waals surface area contributed by atoms with Crippen molar-refractivity contribution in [2.75, 3.05) is 38.0 Å². The fourth-order valence-electron chi connectivity index (χ4n) is 3.46. The first-order valence-electron chi connectivity index (χ1n) is 12.3. The van der Waals surface area contributed by atoms with Gasteiger partial charge in [0.2, 0.25) is 0 Å². The Kier molecular flexibility index (Phi) is 8.56. The molecule has 0 aliphatic heterocycles. The lowest BCUT2D eigenvalue weighted by molar-refractivity contribution is 1.13. The van der Waals surface area contributed by atoms with Gasteiger partial charge in [0.25, 0.3) is 0 Å². The van der Waals surface area contributed by atoms with E-state index in [4.69, 9.17) is 0 Å². The van der Waals surface area contributed by atoms with Crippen LogP contribution in [0, 0.1) is 47.4 Å². The standard InChI is InChI=1S/C36H28N2/c1-37(2)35-25-21-33(22-26-35)19-17-31-13-9-29(10-14-31)7-5-6-8-30-11-15-32(16-12-30)18-20-34-23-27-36(28-24-34)38(3)4/h9-16,21-28H,1-4H3. The summed E-state index contributed by atoms with van der Waals surface area (Å²) >= 11 is 0. The molecule has 4 rings (SSSR count). The molecule has 182 valence electrons. The molecule has 0 N–H and O–H groups in total. The highest BCUT2D eigenvalue weighted by Crippen LogP contribution is 2.13. The van der Waals surface area contributed by atoms with Crippen molar-refractivity contribution < 1.29 is 0 Å². The van der Waals surface area contributed by atoms with Crippen LogP contribution in [0.3, 0.4) is 0 Å². The van der Waals surface area contributed by atoms with Gasteiger partial charge in [0.15, 0.2) is 0 Å². The first-order valence-corrected chi connectivity index (χ1v) is 12.3. The van der Waals surface area contributed by atoms with E-state index < -0.39 is 0 Å². The summed E-state index contributed by atoms with van der Waals surface area (Å²) in [6.07, 6.45) is 0. The van der Waals surface area contributed by atoms with Crippen LogP contribution in [0.5, 0.6) is 0 Å². The van der Waals surface area contributed by atoms with E-state index in [1.165, 1.54) is 0 Å². The number of hydrogen-bond acceptors (Lipinski definition) is 2. The van der Waals surface area contributed by atoms with Gasteiger partial charge in [0, 0.05) is 72.9 Å². The quantitative estimate of drug-likeness (QED) is 0.318. The Balaban J connectivity index is 1.33. The lowest BCUT2D eigenvalue weighted by Gasteiger charge is -2.11. The van der Waals surface area contributed by atoms with Crippen LogP contribution in [-0.2, 0) is 0 Å². The minimum atomic E-state index is 0.907. The van der Waals surface area contributed by atoms with Crippen LogP contribution in [-0.4, -0.2) is 28.2 Å². The zero-order valence-corrected chi connectivity index (χ0v) is 22.1.